The maximum atomic E-state index is 13.2. The van der Waals surface area contributed by atoms with Gasteiger partial charge in [0.15, 0.2) is 0 Å². The van der Waals surface area contributed by atoms with Crippen molar-refractivity contribution in [1.29, 1.82) is 0 Å². The summed E-state index contributed by atoms with van der Waals surface area (Å²) >= 11 is 0. The number of aliphatic hydroxyl groups excluding tert-OH is 1. The van der Waals surface area contributed by atoms with E-state index in [1.165, 1.54) is 0 Å². The van der Waals surface area contributed by atoms with E-state index in [9.17, 15) is 9.90 Å². The number of amides is 1. The predicted octanol–water partition coefficient (Wildman–Crippen LogP) is 3.40. The Bertz CT molecular complexity index is 943. The minimum atomic E-state index is -0.261. The van der Waals surface area contributed by atoms with Crippen LogP contribution in [0.5, 0.6) is 0 Å². The number of fused-ring (bicyclic) bond motifs is 1. The molecule has 0 saturated carbocycles. The number of H-pyrrole nitrogens is 1. The third-order valence-electron chi connectivity index (χ3n) is 5.74. The highest BCUT2D eigenvalue weighted by Gasteiger charge is 2.28. The highest BCUT2D eigenvalue weighted by Crippen LogP contribution is 2.25. The maximum absolute atomic E-state index is 13.2. The number of benzene rings is 2. The quantitative estimate of drug-likeness (QED) is 0.651. The number of rotatable bonds is 6. The molecule has 0 spiro atoms. The van der Waals surface area contributed by atoms with Crippen LogP contribution >= 0.6 is 12.4 Å². The summed E-state index contributed by atoms with van der Waals surface area (Å²) in [6.45, 7) is 2.28. The summed E-state index contributed by atoms with van der Waals surface area (Å²) in [4.78, 5) is 20.5. The van der Waals surface area contributed by atoms with Crippen LogP contribution in [0.2, 0.25) is 0 Å². The van der Waals surface area contributed by atoms with E-state index < -0.39 is 0 Å². The molecule has 0 bridgehead atoms. The van der Waals surface area contributed by atoms with Crippen molar-refractivity contribution in [2.45, 2.75) is 25.0 Å². The van der Waals surface area contributed by atoms with Crippen LogP contribution in [0.15, 0.2) is 60.8 Å². The molecule has 6 heteroatoms. The lowest BCUT2D eigenvalue weighted by molar-refractivity contribution is -0.131. The first-order chi connectivity index (χ1) is 13.6. The predicted molar refractivity (Wildman–Crippen MR) is 118 cm³/mol. The second-order valence-electron chi connectivity index (χ2n) is 7.67. The summed E-state index contributed by atoms with van der Waals surface area (Å²) < 4.78 is 0. The molecule has 1 amide bonds. The fourth-order valence-electron chi connectivity index (χ4n) is 4.09. The van der Waals surface area contributed by atoms with Crippen molar-refractivity contribution in [3.63, 3.8) is 0 Å². The summed E-state index contributed by atoms with van der Waals surface area (Å²) in [5.74, 6) is 0.0957. The molecular weight excluding hydrogens is 386 g/mol. The first-order valence-electron chi connectivity index (χ1n) is 9.88. The number of nitrogens with one attached hydrogen (secondary N) is 1. The van der Waals surface area contributed by atoms with Gasteiger partial charge in [-0.2, -0.15) is 0 Å². The summed E-state index contributed by atoms with van der Waals surface area (Å²) in [6, 6.07) is 18.2. The van der Waals surface area contributed by atoms with Crippen molar-refractivity contribution in [3.05, 3.63) is 71.9 Å². The van der Waals surface area contributed by atoms with Gasteiger partial charge in [-0.05, 0) is 23.6 Å². The van der Waals surface area contributed by atoms with Crippen molar-refractivity contribution in [3.8, 4) is 0 Å². The smallest absolute Gasteiger partial charge is 0.227 e. The van der Waals surface area contributed by atoms with Crippen LogP contribution in [0.25, 0.3) is 10.9 Å². The van der Waals surface area contributed by atoms with Gasteiger partial charge >= 0.3 is 0 Å². The van der Waals surface area contributed by atoms with Gasteiger partial charge in [0.25, 0.3) is 0 Å². The minimum Gasteiger partial charge on any atom is -0.392 e. The molecule has 3 aromatic rings. The molecule has 29 heavy (non-hydrogen) atoms. The third-order valence-corrected chi connectivity index (χ3v) is 5.74. The molecule has 154 valence electrons. The summed E-state index contributed by atoms with van der Waals surface area (Å²) in [7, 11) is 1.89. The number of carbonyl (C=O) groups is 1. The van der Waals surface area contributed by atoms with Crippen LogP contribution in [0, 0.1) is 0 Å². The van der Waals surface area contributed by atoms with Gasteiger partial charge in [0.2, 0.25) is 5.91 Å². The maximum Gasteiger partial charge on any atom is 0.227 e. The number of aliphatic hydroxyl groups is 1. The molecule has 1 aromatic heterocycles. The number of halogens is 1. The fourth-order valence-corrected chi connectivity index (χ4v) is 4.09. The lowest BCUT2D eigenvalue weighted by atomic mass is 10.0. The molecule has 2 N–H and O–H groups in total. The Morgan fingerprint density at radius 2 is 1.93 bits per heavy atom. The number of aromatic amines is 1. The van der Waals surface area contributed by atoms with Gasteiger partial charge in [-0.1, -0.05) is 48.5 Å². The first kappa shape index (κ1) is 21.4. The van der Waals surface area contributed by atoms with Crippen molar-refractivity contribution in [2.75, 3.05) is 26.7 Å². The highest BCUT2D eigenvalue weighted by molar-refractivity contribution is 5.89. The summed E-state index contributed by atoms with van der Waals surface area (Å²) in [6.07, 6.45) is 2.84. The van der Waals surface area contributed by atoms with Crippen LogP contribution in [-0.2, 0) is 11.2 Å². The van der Waals surface area contributed by atoms with Crippen molar-refractivity contribution in [2.24, 2.45) is 0 Å². The van der Waals surface area contributed by atoms with Gasteiger partial charge < -0.3 is 15.0 Å². The molecule has 1 aliphatic heterocycles. The number of likely N-dealkylation sites (tertiary alicyclic amines) is 1. The first-order valence-corrected chi connectivity index (χ1v) is 9.88. The Hall–Kier alpha value is -2.34. The molecule has 2 unspecified atom stereocenters. The average Bonchev–Trinajstić information content (AvgIpc) is 3.32. The number of nitrogens with zero attached hydrogens (tertiary/aromatic N) is 2. The number of carbonyl (C=O) groups excluding carboxylic acids is 1. The average molecular weight is 414 g/mol. The monoisotopic (exact) mass is 413 g/mol. The normalized spacial score (nSPS) is 17.8. The van der Waals surface area contributed by atoms with Crippen molar-refractivity contribution < 1.29 is 9.90 Å². The van der Waals surface area contributed by atoms with E-state index in [-0.39, 0.29) is 30.5 Å². The van der Waals surface area contributed by atoms with Gasteiger partial charge in [-0.3, -0.25) is 9.69 Å². The van der Waals surface area contributed by atoms with E-state index in [1.54, 1.807) is 0 Å². The lowest BCUT2D eigenvalue weighted by Crippen LogP contribution is -2.39. The minimum absolute atomic E-state index is 0. The van der Waals surface area contributed by atoms with Crippen molar-refractivity contribution >= 4 is 29.2 Å². The molecule has 5 nitrogen and oxygen atoms in total. The molecule has 0 radical (unpaired) electrons. The van der Waals surface area contributed by atoms with Crippen molar-refractivity contribution in [1.82, 2.24) is 14.8 Å². The van der Waals surface area contributed by atoms with Gasteiger partial charge in [-0.15, -0.1) is 12.4 Å². The number of para-hydroxylation sites is 1. The number of aromatic nitrogens is 1. The van der Waals surface area contributed by atoms with Gasteiger partial charge in [-0.25, -0.2) is 0 Å². The van der Waals surface area contributed by atoms with Crippen LogP contribution < -0.4 is 0 Å². The molecule has 1 aliphatic rings. The van der Waals surface area contributed by atoms with E-state index in [1.807, 2.05) is 54.5 Å². The topological polar surface area (TPSA) is 59.6 Å². The Labute approximate surface area is 177 Å². The van der Waals surface area contributed by atoms with Gasteiger partial charge in [0, 0.05) is 43.8 Å². The van der Waals surface area contributed by atoms with E-state index in [0.717, 1.165) is 41.5 Å². The third kappa shape index (κ3) is 4.81. The van der Waals surface area contributed by atoms with Gasteiger partial charge in [0.05, 0.1) is 18.6 Å². The largest absolute Gasteiger partial charge is 0.392 e. The lowest BCUT2D eigenvalue weighted by Gasteiger charge is -2.32. The standard InChI is InChI=1S/C23H27N3O2.ClH/c1-25(23(28)13-18-14-24-21-10-6-5-9-20(18)21)22(17-7-3-2-4-8-17)16-26-12-11-19(27)15-26;/h2-10,14,19,22,24,27H,11-13,15-16H2,1H3;1H. The molecule has 2 aromatic carbocycles. The summed E-state index contributed by atoms with van der Waals surface area (Å²) in [5.41, 5.74) is 3.20. The van der Waals surface area contributed by atoms with Crippen LogP contribution in [0.4, 0.5) is 0 Å². The Morgan fingerprint density at radius 1 is 1.21 bits per heavy atom. The Balaban J connectivity index is 0.00000240. The van der Waals surface area contributed by atoms with Gasteiger partial charge in [0.1, 0.15) is 0 Å². The van der Waals surface area contributed by atoms with E-state index in [4.69, 9.17) is 0 Å². The van der Waals surface area contributed by atoms with E-state index in [2.05, 4.69) is 28.1 Å². The molecule has 4 rings (SSSR count). The molecule has 2 heterocycles. The SMILES string of the molecule is CN(C(=O)Cc1c[nH]c2ccccc12)C(CN1CCC(O)C1)c1ccccc1.Cl. The number of hydrogen-bond donors (Lipinski definition) is 2. The van der Waals surface area contributed by atoms with E-state index in [0.29, 0.717) is 13.0 Å². The molecule has 1 fully saturated rings. The second kappa shape index (κ2) is 9.44. The number of β-amino-alcohol motifs (C(OH)–C–C–N with tert-alkyl or cyclic N) is 1. The Morgan fingerprint density at radius 3 is 2.66 bits per heavy atom. The number of hydrogen-bond acceptors (Lipinski definition) is 3. The Kier molecular flexibility index (Phi) is 6.96. The molecular formula is C23H28ClN3O2. The van der Waals surface area contributed by atoms with Crippen LogP contribution in [-0.4, -0.2) is 58.6 Å². The number of likely N-dealkylation sites (N-methyl/N-ethyl adjacent to an activating group) is 1. The van der Waals surface area contributed by atoms with Crippen LogP contribution in [0.1, 0.15) is 23.6 Å². The van der Waals surface area contributed by atoms with E-state index >= 15 is 0 Å². The molecule has 1 saturated heterocycles. The highest BCUT2D eigenvalue weighted by atomic mass is 35.5. The fraction of sp³-hybridized carbons (Fsp3) is 0.348. The zero-order chi connectivity index (χ0) is 19.5. The van der Waals surface area contributed by atoms with Crippen LogP contribution in [0.3, 0.4) is 0 Å². The second-order valence-corrected chi connectivity index (χ2v) is 7.67. The zero-order valence-corrected chi connectivity index (χ0v) is 17.4. The molecule has 2 atom stereocenters. The summed E-state index contributed by atoms with van der Waals surface area (Å²) in [5, 5.41) is 11.0. The zero-order valence-electron chi connectivity index (χ0n) is 16.6. The molecule has 0 aliphatic carbocycles.